The zero-order valence-corrected chi connectivity index (χ0v) is 11.3. The summed E-state index contributed by atoms with van der Waals surface area (Å²) >= 11 is 0. The number of fused-ring (bicyclic) bond motifs is 1. The molecule has 0 saturated carbocycles. The molecule has 0 saturated heterocycles. The molecule has 0 bridgehead atoms. The Bertz CT molecular complexity index is 798. The number of hydrogen-bond donors (Lipinski definition) is 1. The van der Waals surface area contributed by atoms with Crippen molar-refractivity contribution >= 4 is 16.7 Å². The fraction of sp³-hybridized carbons (Fsp3) is 0.0556. The minimum absolute atomic E-state index is 0.179. The van der Waals surface area contributed by atoms with E-state index < -0.39 is 0 Å². The Hall–Kier alpha value is -2.68. The van der Waals surface area contributed by atoms with E-state index >= 15 is 0 Å². The Kier molecular flexibility index (Phi) is 3.65. The van der Waals surface area contributed by atoms with Gasteiger partial charge in [-0.2, -0.15) is 0 Å². The van der Waals surface area contributed by atoms with Gasteiger partial charge < -0.3 is 5.32 Å². The smallest absolute Gasteiger partial charge is 0.251 e. The summed E-state index contributed by atoms with van der Waals surface area (Å²) in [5, 5.41) is 4.84. The Morgan fingerprint density at radius 1 is 0.905 bits per heavy atom. The number of amides is 1. The van der Waals surface area contributed by atoms with Crippen LogP contribution in [0.4, 0.5) is 4.39 Å². The van der Waals surface area contributed by atoms with Gasteiger partial charge >= 0.3 is 0 Å². The summed E-state index contributed by atoms with van der Waals surface area (Å²) in [6.07, 6.45) is 0. The molecule has 0 aliphatic rings. The van der Waals surface area contributed by atoms with Crippen LogP contribution in [0.3, 0.4) is 0 Å². The first-order chi connectivity index (χ1) is 10.2. The van der Waals surface area contributed by atoms with Gasteiger partial charge in [0.2, 0.25) is 0 Å². The molecule has 21 heavy (non-hydrogen) atoms. The number of halogens is 1. The van der Waals surface area contributed by atoms with E-state index in [1.807, 2.05) is 36.4 Å². The van der Waals surface area contributed by atoms with Crippen molar-refractivity contribution in [2.75, 3.05) is 0 Å². The van der Waals surface area contributed by atoms with Gasteiger partial charge in [-0.3, -0.25) is 4.79 Å². The summed E-state index contributed by atoms with van der Waals surface area (Å²) in [7, 11) is 0. The van der Waals surface area contributed by atoms with Crippen molar-refractivity contribution in [2.24, 2.45) is 0 Å². The predicted molar refractivity (Wildman–Crippen MR) is 81.5 cm³/mol. The zero-order valence-electron chi connectivity index (χ0n) is 11.3. The maximum absolute atomic E-state index is 13.5. The van der Waals surface area contributed by atoms with E-state index in [1.165, 1.54) is 6.07 Å². The van der Waals surface area contributed by atoms with E-state index in [9.17, 15) is 9.18 Å². The highest BCUT2D eigenvalue weighted by atomic mass is 19.1. The van der Waals surface area contributed by atoms with Gasteiger partial charge in [-0.15, -0.1) is 0 Å². The Morgan fingerprint density at radius 3 is 2.43 bits per heavy atom. The van der Waals surface area contributed by atoms with E-state index in [-0.39, 0.29) is 18.3 Å². The van der Waals surface area contributed by atoms with Crippen molar-refractivity contribution in [3.8, 4) is 0 Å². The molecule has 0 atom stereocenters. The lowest BCUT2D eigenvalue weighted by molar-refractivity contribution is 0.0950. The normalized spacial score (nSPS) is 10.5. The van der Waals surface area contributed by atoms with Crippen molar-refractivity contribution in [3.05, 3.63) is 83.7 Å². The van der Waals surface area contributed by atoms with Crippen molar-refractivity contribution in [3.63, 3.8) is 0 Å². The largest absolute Gasteiger partial charge is 0.348 e. The van der Waals surface area contributed by atoms with E-state index in [0.29, 0.717) is 11.1 Å². The van der Waals surface area contributed by atoms with Crippen LogP contribution in [-0.4, -0.2) is 5.91 Å². The van der Waals surface area contributed by atoms with Crippen LogP contribution in [0.1, 0.15) is 15.9 Å². The molecule has 2 nitrogen and oxygen atoms in total. The third kappa shape index (κ3) is 2.92. The van der Waals surface area contributed by atoms with Crippen molar-refractivity contribution in [1.29, 1.82) is 0 Å². The Balaban J connectivity index is 1.76. The summed E-state index contributed by atoms with van der Waals surface area (Å²) in [4.78, 5) is 12.1. The first kappa shape index (κ1) is 13.3. The minimum atomic E-state index is -0.309. The van der Waals surface area contributed by atoms with Crippen LogP contribution in [0, 0.1) is 5.82 Å². The quantitative estimate of drug-likeness (QED) is 0.773. The fourth-order valence-corrected chi connectivity index (χ4v) is 2.25. The number of rotatable bonds is 3. The maximum atomic E-state index is 13.5. The lowest BCUT2D eigenvalue weighted by atomic mass is 10.1. The summed E-state index contributed by atoms with van der Waals surface area (Å²) in [6, 6.07) is 19.8. The molecule has 0 aliphatic heterocycles. The highest BCUT2D eigenvalue weighted by Crippen LogP contribution is 2.15. The summed E-state index contributed by atoms with van der Waals surface area (Å²) in [5.74, 6) is -0.514. The Morgan fingerprint density at radius 2 is 1.62 bits per heavy atom. The van der Waals surface area contributed by atoms with E-state index in [1.54, 1.807) is 24.3 Å². The number of carbonyl (C=O) groups excluding carboxylic acids is 1. The van der Waals surface area contributed by atoms with Crippen LogP contribution < -0.4 is 5.32 Å². The molecule has 3 aromatic rings. The summed E-state index contributed by atoms with van der Waals surface area (Å²) in [6.45, 7) is 0.179. The molecule has 0 spiro atoms. The first-order valence-corrected chi connectivity index (χ1v) is 6.74. The van der Waals surface area contributed by atoms with E-state index in [4.69, 9.17) is 0 Å². The standard InChI is InChI=1S/C18H14FNO/c19-17-8-4-3-7-16(17)12-20-18(21)15-10-9-13-5-1-2-6-14(13)11-15/h1-11H,12H2,(H,20,21). The maximum Gasteiger partial charge on any atom is 0.251 e. The number of benzene rings is 3. The molecule has 104 valence electrons. The average molecular weight is 279 g/mol. The third-order valence-corrected chi connectivity index (χ3v) is 3.41. The van der Waals surface area contributed by atoms with E-state index in [2.05, 4.69) is 5.32 Å². The molecule has 0 heterocycles. The topological polar surface area (TPSA) is 29.1 Å². The SMILES string of the molecule is O=C(NCc1ccccc1F)c1ccc2ccccc2c1. The molecule has 0 radical (unpaired) electrons. The number of nitrogens with one attached hydrogen (secondary N) is 1. The van der Waals surface area contributed by atoms with Gasteiger partial charge in [0.05, 0.1) is 0 Å². The highest BCUT2D eigenvalue weighted by molar-refractivity contribution is 5.98. The average Bonchev–Trinajstić information content (AvgIpc) is 2.53. The highest BCUT2D eigenvalue weighted by Gasteiger charge is 2.07. The molecule has 0 fully saturated rings. The van der Waals surface area contributed by atoms with Gasteiger partial charge in [0.15, 0.2) is 0 Å². The third-order valence-electron chi connectivity index (χ3n) is 3.41. The molecule has 1 amide bonds. The van der Waals surface area contributed by atoms with Crippen molar-refractivity contribution in [2.45, 2.75) is 6.54 Å². The first-order valence-electron chi connectivity index (χ1n) is 6.74. The summed E-state index contributed by atoms with van der Waals surface area (Å²) < 4.78 is 13.5. The second kappa shape index (κ2) is 5.75. The number of carbonyl (C=O) groups is 1. The van der Waals surface area contributed by atoms with Crippen LogP contribution in [0.2, 0.25) is 0 Å². The molecule has 3 rings (SSSR count). The molecule has 3 aromatic carbocycles. The fourth-order valence-electron chi connectivity index (χ4n) is 2.25. The molecule has 0 aromatic heterocycles. The molecular weight excluding hydrogens is 265 g/mol. The van der Waals surface area contributed by atoms with Crippen LogP contribution in [0.5, 0.6) is 0 Å². The summed E-state index contributed by atoms with van der Waals surface area (Å²) in [5.41, 5.74) is 1.05. The van der Waals surface area contributed by atoms with Crippen LogP contribution >= 0.6 is 0 Å². The molecule has 0 aliphatic carbocycles. The zero-order chi connectivity index (χ0) is 14.7. The minimum Gasteiger partial charge on any atom is -0.348 e. The predicted octanol–water partition coefficient (Wildman–Crippen LogP) is 3.91. The second-order valence-corrected chi connectivity index (χ2v) is 4.84. The monoisotopic (exact) mass is 279 g/mol. The van der Waals surface area contributed by atoms with Gasteiger partial charge in [0.1, 0.15) is 5.82 Å². The molecular formula is C18H14FNO. The Labute approximate surface area is 122 Å². The lowest BCUT2D eigenvalue weighted by Gasteiger charge is -2.07. The van der Waals surface area contributed by atoms with Crippen LogP contribution in [0.25, 0.3) is 10.8 Å². The van der Waals surface area contributed by atoms with Crippen LogP contribution in [0.15, 0.2) is 66.7 Å². The van der Waals surface area contributed by atoms with Crippen molar-refractivity contribution in [1.82, 2.24) is 5.32 Å². The van der Waals surface area contributed by atoms with Crippen molar-refractivity contribution < 1.29 is 9.18 Å². The van der Waals surface area contributed by atoms with Gasteiger partial charge in [-0.05, 0) is 29.0 Å². The van der Waals surface area contributed by atoms with Gasteiger partial charge in [-0.1, -0.05) is 48.5 Å². The second-order valence-electron chi connectivity index (χ2n) is 4.84. The molecule has 3 heteroatoms. The molecule has 1 N–H and O–H groups in total. The van der Waals surface area contributed by atoms with Gasteiger partial charge in [0, 0.05) is 17.7 Å². The lowest BCUT2D eigenvalue weighted by Crippen LogP contribution is -2.23. The van der Waals surface area contributed by atoms with E-state index in [0.717, 1.165) is 10.8 Å². The van der Waals surface area contributed by atoms with Crippen LogP contribution in [-0.2, 0) is 6.54 Å². The number of hydrogen-bond acceptors (Lipinski definition) is 1. The van der Waals surface area contributed by atoms with Gasteiger partial charge in [-0.25, -0.2) is 4.39 Å². The van der Waals surface area contributed by atoms with Gasteiger partial charge in [0.25, 0.3) is 5.91 Å². The molecule has 0 unspecified atom stereocenters.